The minimum absolute atomic E-state index is 0.206. The van der Waals surface area contributed by atoms with E-state index in [0.717, 1.165) is 0 Å². The molecule has 37 heavy (non-hydrogen) atoms. The van der Waals surface area contributed by atoms with Gasteiger partial charge in [-0.15, -0.1) is 0 Å². The number of hydrogen-bond acceptors (Lipinski definition) is 12. The van der Waals surface area contributed by atoms with E-state index in [2.05, 4.69) is 54.3 Å². The average molecular weight is 550 g/mol. The molecule has 0 amide bonds. The Labute approximate surface area is 215 Å². The van der Waals surface area contributed by atoms with Gasteiger partial charge in [0.25, 0.3) is 0 Å². The Hall–Kier alpha value is -3.09. The molecule has 0 saturated carbocycles. The molecular formula is C23H35O13P. The molecule has 0 aromatic rings. The van der Waals surface area contributed by atoms with Gasteiger partial charge in [0.15, 0.2) is 0 Å². The lowest BCUT2D eigenvalue weighted by atomic mass is 10.3. The summed E-state index contributed by atoms with van der Waals surface area (Å²) in [5.41, 5.74) is 0.896. The van der Waals surface area contributed by atoms with E-state index in [1.165, 1.54) is 27.7 Å². The van der Waals surface area contributed by atoms with E-state index in [1.54, 1.807) is 0 Å². The highest BCUT2D eigenvalue weighted by Crippen LogP contribution is 2.42. The molecule has 0 radical (unpaired) electrons. The van der Waals surface area contributed by atoms with Crippen LogP contribution >= 0.6 is 7.82 Å². The van der Waals surface area contributed by atoms with Crippen molar-refractivity contribution in [1.82, 2.24) is 0 Å². The monoisotopic (exact) mass is 550 g/mol. The molecule has 0 unspecified atom stereocenters. The van der Waals surface area contributed by atoms with Crippen LogP contribution < -0.4 is 0 Å². The molecule has 14 heteroatoms. The SMILES string of the molecule is C=C(C)C(=O)OCC(O)COC(=O)C(=C)C.C=C(C)C(=O)OCCOP(=O)(O)OCCOC(=O)C(=C)C. The predicted octanol–water partition coefficient (Wildman–Crippen LogP) is 1.94. The summed E-state index contributed by atoms with van der Waals surface area (Å²) in [5.74, 6) is -2.44. The standard InChI is InChI=1S/C12H19O8P.C11H16O5/c1-9(2)11(13)17-5-7-19-21(15,16)20-8-6-18-12(14)10(3)4;1-7(2)10(13)15-5-9(12)6-16-11(14)8(3)4/h1,3,5-8H2,2,4H3,(H,15,16);9,12H,1,3,5-6H2,2,4H3. The quantitative estimate of drug-likeness (QED) is 0.0936. The number of hydrogen-bond donors (Lipinski definition) is 2. The fourth-order valence-corrected chi connectivity index (χ4v) is 2.18. The third-order valence-corrected chi connectivity index (χ3v) is 4.37. The molecule has 0 atom stereocenters. The van der Waals surface area contributed by atoms with Gasteiger partial charge in [-0.05, 0) is 27.7 Å². The molecule has 0 rings (SSSR count). The Bertz CT molecular complexity index is 838. The Morgan fingerprint density at radius 1 is 0.622 bits per heavy atom. The maximum Gasteiger partial charge on any atom is 0.472 e. The summed E-state index contributed by atoms with van der Waals surface area (Å²) in [7, 11) is -4.29. The highest BCUT2D eigenvalue weighted by atomic mass is 31.2. The molecule has 0 aliphatic heterocycles. The number of rotatable bonds is 16. The summed E-state index contributed by atoms with van der Waals surface area (Å²) in [5, 5.41) is 9.30. The number of carbonyl (C=O) groups is 4. The zero-order valence-corrected chi connectivity index (χ0v) is 22.4. The van der Waals surface area contributed by atoms with Crippen molar-refractivity contribution in [1.29, 1.82) is 0 Å². The zero-order valence-electron chi connectivity index (χ0n) is 21.5. The van der Waals surface area contributed by atoms with Crippen LogP contribution in [0.15, 0.2) is 48.6 Å². The van der Waals surface area contributed by atoms with Gasteiger partial charge in [-0.3, -0.25) is 9.05 Å². The van der Waals surface area contributed by atoms with Gasteiger partial charge < -0.3 is 28.9 Å². The van der Waals surface area contributed by atoms with Crippen LogP contribution in [0.4, 0.5) is 0 Å². The van der Waals surface area contributed by atoms with Crippen molar-refractivity contribution in [2.75, 3.05) is 39.6 Å². The maximum absolute atomic E-state index is 11.4. The summed E-state index contributed by atoms with van der Waals surface area (Å²) in [6.07, 6.45) is -1.05. The molecule has 0 aromatic carbocycles. The van der Waals surface area contributed by atoms with Crippen LogP contribution in [0.3, 0.4) is 0 Å². The summed E-state index contributed by atoms with van der Waals surface area (Å²) < 4.78 is 39.1. The number of phosphoric acid groups is 1. The highest BCUT2D eigenvalue weighted by Gasteiger charge is 2.21. The molecule has 0 fully saturated rings. The second kappa shape index (κ2) is 19.1. The van der Waals surface area contributed by atoms with Crippen molar-refractivity contribution in [2.24, 2.45) is 0 Å². The second-order valence-corrected chi connectivity index (χ2v) is 8.83. The first-order valence-corrected chi connectivity index (χ1v) is 12.1. The van der Waals surface area contributed by atoms with E-state index < -0.39 is 37.8 Å². The Morgan fingerprint density at radius 2 is 0.892 bits per heavy atom. The number of aliphatic hydroxyl groups is 1. The number of phosphoric ester groups is 1. The summed E-state index contributed by atoms with van der Waals surface area (Å²) in [6, 6.07) is 0. The fourth-order valence-electron chi connectivity index (χ4n) is 1.50. The van der Waals surface area contributed by atoms with E-state index in [0.29, 0.717) is 0 Å². The lowest BCUT2D eigenvalue weighted by Crippen LogP contribution is -2.25. The van der Waals surface area contributed by atoms with Gasteiger partial charge in [-0.2, -0.15) is 0 Å². The second-order valence-electron chi connectivity index (χ2n) is 7.38. The van der Waals surface area contributed by atoms with Gasteiger partial charge >= 0.3 is 31.7 Å². The number of aliphatic hydroxyl groups excluding tert-OH is 1. The van der Waals surface area contributed by atoms with Crippen LogP contribution in [-0.2, 0) is 51.7 Å². The van der Waals surface area contributed by atoms with Gasteiger partial charge in [0.1, 0.15) is 32.5 Å². The van der Waals surface area contributed by atoms with Gasteiger partial charge in [-0.25, -0.2) is 23.7 Å². The first-order valence-electron chi connectivity index (χ1n) is 10.6. The first kappa shape index (κ1) is 36.1. The summed E-state index contributed by atoms with van der Waals surface area (Å²) in [4.78, 5) is 53.1. The van der Waals surface area contributed by atoms with Gasteiger partial charge in [0, 0.05) is 22.3 Å². The molecule has 0 aliphatic rings. The van der Waals surface area contributed by atoms with Gasteiger partial charge in [0.05, 0.1) is 13.2 Å². The predicted molar refractivity (Wildman–Crippen MR) is 131 cm³/mol. The van der Waals surface area contributed by atoms with Crippen molar-refractivity contribution in [2.45, 2.75) is 33.8 Å². The maximum atomic E-state index is 11.4. The van der Waals surface area contributed by atoms with E-state index in [-0.39, 0.29) is 61.9 Å². The largest absolute Gasteiger partial charge is 0.472 e. The minimum Gasteiger partial charge on any atom is -0.460 e. The zero-order chi connectivity index (χ0) is 29.2. The third-order valence-electron chi connectivity index (χ3n) is 3.35. The Kier molecular flexibility index (Phi) is 18.6. The molecule has 2 N–H and O–H groups in total. The summed E-state index contributed by atoms with van der Waals surface area (Å²) in [6.45, 7) is 17.9. The molecule has 0 aromatic heterocycles. The highest BCUT2D eigenvalue weighted by molar-refractivity contribution is 7.47. The molecule has 0 spiro atoms. The summed E-state index contributed by atoms with van der Waals surface area (Å²) >= 11 is 0. The fraction of sp³-hybridized carbons (Fsp3) is 0.478. The molecular weight excluding hydrogens is 515 g/mol. The van der Waals surface area contributed by atoms with Crippen molar-refractivity contribution in [3.63, 3.8) is 0 Å². The number of carbonyl (C=O) groups excluding carboxylic acids is 4. The number of esters is 4. The van der Waals surface area contributed by atoms with Gasteiger partial charge in [0.2, 0.25) is 0 Å². The molecule has 0 bridgehead atoms. The number of ether oxygens (including phenoxy) is 4. The van der Waals surface area contributed by atoms with Crippen LogP contribution in [0.5, 0.6) is 0 Å². The molecule has 210 valence electrons. The molecule has 13 nitrogen and oxygen atoms in total. The van der Waals surface area contributed by atoms with Crippen LogP contribution in [0.25, 0.3) is 0 Å². The Balaban J connectivity index is 0. The van der Waals surface area contributed by atoms with E-state index >= 15 is 0 Å². The van der Waals surface area contributed by atoms with Crippen molar-refractivity contribution < 1.29 is 61.7 Å². The van der Waals surface area contributed by atoms with E-state index in [9.17, 15) is 33.7 Å². The van der Waals surface area contributed by atoms with Gasteiger partial charge in [-0.1, -0.05) is 26.3 Å². The topological polar surface area (TPSA) is 181 Å². The molecule has 0 aliphatic carbocycles. The Morgan fingerprint density at radius 3 is 1.16 bits per heavy atom. The van der Waals surface area contributed by atoms with Crippen molar-refractivity contribution in [3.05, 3.63) is 48.6 Å². The van der Waals surface area contributed by atoms with Crippen LogP contribution in [0.1, 0.15) is 27.7 Å². The lowest BCUT2D eigenvalue weighted by molar-refractivity contribution is -0.147. The van der Waals surface area contributed by atoms with Crippen LogP contribution in [0.2, 0.25) is 0 Å². The molecule has 0 saturated heterocycles. The normalized spacial score (nSPS) is 10.4. The average Bonchev–Trinajstić information content (AvgIpc) is 2.81. The first-order chi connectivity index (χ1) is 17.0. The van der Waals surface area contributed by atoms with Crippen molar-refractivity contribution in [3.8, 4) is 0 Å². The smallest absolute Gasteiger partial charge is 0.460 e. The minimum atomic E-state index is -4.29. The molecule has 0 heterocycles. The lowest BCUT2D eigenvalue weighted by Gasteiger charge is -2.12. The van der Waals surface area contributed by atoms with Crippen LogP contribution in [0, 0.1) is 0 Å². The third kappa shape index (κ3) is 20.8. The van der Waals surface area contributed by atoms with Crippen molar-refractivity contribution >= 4 is 31.7 Å². The van der Waals surface area contributed by atoms with E-state index in [4.69, 9.17) is 0 Å². The van der Waals surface area contributed by atoms with E-state index in [1.807, 2.05) is 0 Å². The van der Waals surface area contributed by atoms with Crippen LogP contribution in [-0.4, -0.2) is 79.6 Å².